The molecule has 0 amide bonds. The molecular weight excluding hydrogens is 242 g/mol. The van der Waals surface area contributed by atoms with Gasteiger partial charge in [0.05, 0.1) is 10.7 Å². The molecule has 0 aliphatic carbocycles. The van der Waals surface area contributed by atoms with Gasteiger partial charge in [-0.2, -0.15) is 0 Å². The summed E-state index contributed by atoms with van der Waals surface area (Å²) in [6, 6.07) is 8.70. The van der Waals surface area contributed by atoms with Crippen molar-refractivity contribution in [2.75, 3.05) is 31.1 Å². The van der Waals surface area contributed by atoms with E-state index < -0.39 is 0 Å². The fraction of sp³-hybridized carbons (Fsp3) is 0.357. The summed E-state index contributed by atoms with van der Waals surface area (Å²) in [7, 11) is 0. The molecular formula is C14H17N3S. The minimum atomic E-state index is 1.07. The number of thiazole rings is 1. The van der Waals surface area contributed by atoms with Crippen LogP contribution >= 0.6 is 11.3 Å². The number of benzene rings is 1. The van der Waals surface area contributed by atoms with E-state index in [-0.39, 0.29) is 0 Å². The fourth-order valence-corrected chi connectivity index (χ4v) is 2.90. The van der Waals surface area contributed by atoms with Gasteiger partial charge < -0.3 is 10.2 Å². The van der Waals surface area contributed by atoms with Crippen LogP contribution in [0.3, 0.4) is 0 Å². The van der Waals surface area contributed by atoms with Gasteiger partial charge in [0, 0.05) is 42.8 Å². The minimum absolute atomic E-state index is 1.07. The highest BCUT2D eigenvalue weighted by Crippen LogP contribution is 2.26. The van der Waals surface area contributed by atoms with Gasteiger partial charge in [0.2, 0.25) is 0 Å². The molecule has 0 saturated carbocycles. The molecule has 0 atom stereocenters. The van der Waals surface area contributed by atoms with Crippen LogP contribution in [0.4, 0.5) is 5.69 Å². The first-order chi connectivity index (χ1) is 8.83. The number of nitrogens with one attached hydrogen (secondary N) is 1. The van der Waals surface area contributed by atoms with E-state index in [0.29, 0.717) is 0 Å². The Morgan fingerprint density at radius 3 is 2.83 bits per heavy atom. The standard InChI is InChI=1S/C14H17N3S/c1-11-16-14(10-18-11)12-3-2-4-13(9-12)17-7-5-15-6-8-17/h2-4,9-10,15H,5-8H2,1H3. The van der Waals surface area contributed by atoms with Crippen LogP contribution in [0.2, 0.25) is 0 Å². The second-order valence-electron chi connectivity index (χ2n) is 4.54. The maximum absolute atomic E-state index is 4.55. The van der Waals surface area contributed by atoms with Crippen molar-refractivity contribution >= 4 is 17.0 Å². The lowest BCUT2D eigenvalue weighted by Gasteiger charge is -2.29. The smallest absolute Gasteiger partial charge is 0.0901 e. The Morgan fingerprint density at radius 1 is 1.28 bits per heavy atom. The Labute approximate surface area is 111 Å². The van der Waals surface area contributed by atoms with E-state index in [1.54, 1.807) is 11.3 Å². The zero-order chi connectivity index (χ0) is 12.4. The van der Waals surface area contributed by atoms with Crippen molar-refractivity contribution in [1.82, 2.24) is 10.3 Å². The molecule has 0 bridgehead atoms. The van der Waals surface area contributed by atoms with Gasteiger partial charge in [0.25, 0.3) is 0 Å². The number of hydrogen-bond acceptors (Lipinski definition) is 4. The Hall–Kier alpha value is -1.39. The highest BCUT2D eigenvalue weighted by Gasteiger charge is 2.11. The Kier molecular flexibility index (Phi) is 3.30. The highest BCUT2D eigenvalue weighted by molar-refractivity contribution is 7.09. The third kappa shape index (κ3) is 2.40. The number of hydrogen-bond donors (Lipinski definition) is 1. The van der Waals surface area contributed by atoms with Gasteiger partial charge in [-0.05, 0) is 19.1 Å². The molecule has 2 aromatic rings. The van der Waals surface area contributed by atoms with E-state index in [2.05, 4.69) is 44.8 Å². The summed E-state index contributed by atoms with van der Waals surface area (Å²) < 4.78 is 0. The van der Waals surface area contributed by atoms with E-state index in [4.69, 9.17) is 0 Å². The molecule has 3 nitrogen and oxygen atoms in total. The van der Waals surface area contributed by atoms with Crippen LogP contribution in [-0.2, 0) is 0 Å². The minimum Gasteiger partial charge on any atom is -0.369 e. The SMILES string of the molecule is Cc1nc(-c2cccc(N3CCNCC3)c2)cs1. The van der Waals surface area contributed by atoms with Crippen molar-refractivity contribution in [2.24, 2.45) is 0 Å². The zero-order valence-electron chi connectivity index (χ0n) is 10.5. The van der Waals surface area contributed by atoms with Gasteiger partial charge in [0.1, 0.15) is 0 Å². The number of piperazine rings is 1. The van der Waals surface area contributed by atoms with Crippen molar-refractivity contribution in [1.29, 1.82) is 0 Å². The molecule has 18 heavy (non-hydrogen) atoms. The quantitative estimate of drug-likeness (QED) is 0.898. The first kappa shape index (κ1) is 11.7. The third-order valence-corrected chi connectivity index (χ3v) is 4.02. The van der Waals surface area contributed by atoms with Crippen LogP contribution in [0, 0.1) is 6.92 Å². The largest absolute Gasteiger partial charge is 0.369 e. The number of anilines is 1. The molecule has 1 aliphatic rings. The molecule has 1 aromatic heterocycles. The van der Waals surface area contributed by atoms with Crippen LogP contribution in [0.1, 0.15) is 5.01 Å². The van der Waals surface area contributed by atoms with Crippen LogP contribution in [-0.4, -0.2) is 31.2 Å². The second kappa shape index (κ2) is 5.08. The van der Waals surface area contributed by atoms with Gasteiger partial charge in [-0.25, -0.2) is 4.98 Å². The molecule has 3 rings (SSSR count). The maximum atomic E-state index is 4.55. The number of rotatable bonds is 2. The zero-order valence-corrected chi connectivity index (χ0v) is 11.3. The summed E-state index contributed by atoms with van der Waals surface area (Å²) in [4.78, 5) is 6.98. The van der Waals surface area contributed by atoms with Gasteiger partial charge in [-0.3, -0.25) is 0 Å². The van der Waals surface area contributed by atoms with Crippen molar-refractivity contribution in [2.45, 2.75) is 6.92 Å². The van der Waals surface area contributed by atoms with E-state index in [1.165, 1.54) is 11.3 Å². The number of nitrogens with zero attached hydrogens (tertiary/aromatic N) is 2. The molecule has 0 spiro atoms. The van der Waals surface area contributed by atoms with E-state index in [1.807, 2.05) is 6.92 Å². The predicted molar refractivity (Wildman–Crippen MR) is 77.4 cm³/mol. The summed E-state index contributed by atoms with van der Waals surface area (Å²) >= 11 is 1.71. The lowest BCUT2D eigenvalue weighted by atomic mass is 10.1. The highest BCUT2D eigenvalue weighted by atomic mass is 32.1. The van der Waals surface area contributed by atoms with Crippen molar-refractivity contribution < 1.29 is 0 Å². The van der Waals surface area contributed by atoms with Crippen LogP contribution in [0.15, 0.2) is 29.6 Å². The predicted octanol–water partition coefficient (Wildman–Crippen LogP) is 2.53. The van der Waals surface area contributed by atoms with Gasteiger partial charge in [-0.15, -0.1) is 11.3 Å². The molecule has 0 radical (unpaired) electrons. The third-order valence-electron chi connectivity index (χ3n) is 3.24. The summed E-state index contributed by atoms with van der Waals surface area (Å²) in [6.07, 6.45) is 0. The summed E-state index contributed by atoms with van der Waals surface area (Å²) in [5.41, 5.74) is 3.62. The maximum Gasteiger partial charge on any atom is 0.0901 e. The van der Waals surface area contributed by atoms with Crippen LogP contribution in [0.5, 0.6) is 0 Å². The number of aromatic nitrogens is 1. The van der Waals surface area contributed by atoms with Gasteiger partial charge in [-0.1, -0.05) is 12.1 Å². The lowest BCUT2D eigenvalue weighted by Crippen LogP contribution is -2.43. The monoisotopic (exact) mass is 259 g/mol. The summed E-state index contributed by atoms with van der Waals surface area (Å²) in [5, 5.41) is 6.64. The van der Waals surface area contributed by atoms with E-state index in [9.17, 15) is 0 Å². The molecule has 1 fully saturated rings. The molecule has 4 heteroatoms. The normalized spacial score (nSPS) is 15.9. The Balaban J connectivity index is 1.88. The molecule has 1 aromatic carbocycles. The summed E-state index contributed by atoms with van der Waals surface area (Å²) in [5.74, 6) is 0. The van der Waals surface area contributed by atoms with Crippen molar-refractivity contribution in [3.8, 4) is 11.3 Å². The van der Waals surface area contributed by atoms with E-state index >= 15 is 0 Å². The molecule has 1 N–H and O–H groups in total. The first-order valence-corrected chi connectivity index (χ1v) is 7.19. The Bertz CT molecular complexity index is 529. The average Bonchev–Trinajstić information content (AvgIpc) is 2.87. The van der Waals surface area contributed by atoms with Crippen LogP contribution < -0.4 is 10.2 Å². The molecule has 1 aliphatic heterocycles. The second-order valence-corrected chi connectivity index (χ2v) is 5.60. The number of aryl methyl sites for hydroxylation is 1. The topological polar surface area (TPSA) is 28.2 Å². The van der Waals surface area contributed by atoms with E-state index in [0.717, 1.165) is 36.9 Å². The molecule has 1 saturated heterocycles. The molecule has 2 heterocycles. The lowest BCUT2D eigenvalue weighted by molar-refractivity contribution is 0.589. The summed E-state index contributed by atoms with van der Waals surface area (Å²) in [6.45, 7) is 6.35. The molecule has 0 unspecified atom stereocenters. The average molecular weight is 259 g/mol. The molecule has 94 valence electrons. The van der Waals surface area contributed by atoms with Crippen LogP contribution in [0.25, 0.3) is 11.3 Å². The Morgan fingerprint density at radius 2 is 2.11 bits per heavy atom. The van der Waals surface area contributed by atoms with Gasteiger partial charge >= 0.3 is 0 Å². The van der Waals surface area contributed by atoms with Gasteiger partial charge in [0.15, 0.2) is 0 Å². The fourth-order valence-electron chi connectivity index (χ4n) is 2.28. The van der Waals surface area contributed by atoms with Crippen molar-refractivity contribution in [3.63, 3.8) is 0 Å². The first-order valence-electron chi connectivity index (χ1n) is 6.31. The van der Waals surface area contributed by atoms with Crippen molar-refractivity contribution in [3.05, 3.63) is 34.7 Å².